The minimum Gasteiger partial charge on any atom is -0.250 e. The van der Waals surface area contributed by atoms with Gasteiger partial charge >= 0.3 is 0 Å². The van der Waals surface area contributed by atoms with Gasteiger partial charge in [0, 0.05) is 20.2 Å². The lowest BCUT2D eigenvalue weighted by Crippen LogP contribution is -2.21. The molecule has 3 heteroatoms. The first-order valence-electron chi connectivity index (χ1n) is 8.66. The third kappa shape index (κ3) is 4.00. The van der Waals surface area contributed by atoms with Gasteiger partial charge in [-0.25, -0.2) is 0 Å². The van der Waals surface area contributed by atoms with Gasteiger partial charge in [0.15, 0.2) is 0 Å². The van der Waals surface area contributed by atoms with Gasteiger partial charge in [-0.05, 0) is 36.6 Å². The smallest absolute Gasteiger partial charge is 0.0773 e. The summed E-state index contributed by atoms with van der Waals surface area (Å²) in [5.41, 5.74) is 2.40. The van der Waals surface area contributed by atoms with Crippen LogP contribution < -0.4 is 0 Å². The van der Waals surface area contributed by atoms with Crippen molar-refractivity contribution in [3.63, 3.8) is 0 Å². The molecule has 0 saturated heterocycles. The standard InChI is InChI=1S/C20H24BrNS/c1-3-5-7-14(4-2)12-15-8-6-9-18-20(15)22-17-11-10-16(21)13-19(17)23-18/h6,8-11,13-15H,3-5,7,12H2,1-2H3. The molecule has 1 aromatic rings. The number of halogens is 1. The summed E-state index contributed by atoms with van der Waals surface area (Å²) in [6.45, 7) is 4.61. The molecule has 2 unspecified atom stereocenters. The van der Waals surface area contributed by atoms with E-state index in [1.807, 2.05) is 11.8 Å². The van der Waals surface area contributed by atoms with Crippen LogP contribution in [0.3, 0.4) is 0 Å². The number of rotatable bonds is 6. The molecule has 1 aromatic carbocycles. The second-order valence-corrected chi connectivity index (χ2v) is 8.39. The summed E-state index contributed by atoms with van der Waals surface area (Å²) in [4.78, 5) is 7.59. The molecule has 1 heterocycles. The van der Waals surface area contributed by atoms with Crippen molar-refractivity contribution in [2.45, 2.75) is 50.8 Å². The Morgan fingerprint density at radius 3 is 2.96 bits per heavy atom. The quantitative estimate of drug-likeness (QED) is 0.496. The van der Waals surface area contributed by atoms with Crippen LogP contribution >= 0.6 is 27.7 Å². The van der Waals surface area contributed by atoms with Gasteiger partial charge < -0.3 is 0 Å². The van der Waals surface area contributed by atoms with Gasteiger partial charge in [0.1, 0.15) is 0 Å². The number of hydrogen-bond acceptors (Lipinski definition) is 2. The number of unbranched alkanes of at least 4 members (excludes halogenated alkanes) is 1. The molecule has 23 heavy (non-hydrogen) atoms. The largest absolute Gasteiger partial charge is 0.250 e. The molecule has 2 atom stereocenters. The second-order valence-electron chi connectivity index (χ2n) is 6.39. The maximum Gasteiger partial charge on any atom is 0.0773 e. The van der Waals surface area contributed by atoms with Gasteiger partial charge in [-0.3, -0.25) is 4.99 Å². The van der Waals surface area contributed by atoms with Crippen molar-refractivity contribution >= 4 is 39.1 Å². The maximum absolute atomic E-state index is 5.01. The van der Waals surface area contributed by atoms with Crippen LogP contribution in [0.25, 0.3) is 0 Å². The number of nitrogens with zero attached hydrogens (tertiary/aromatic N) is 1. The van der Waals surface area contributed by atoms with Crippen LogP contribution in [-0.4, -0.2) is 5.71 Å². The van der Waals surface area contributed by atoms with E-state index in [9.17, 15) is 0 Å². The Labute approximate surface area is 152 Å². The van der Waals surface area contributed by atoms with Gasteiger partial charge in [-0.15, -0.1) is 0 Å². The summed E-state index contributed by atoms with van der Waals surface area (Å²) < 4.78 is 1.12. The van der Waals surface area contributed by atoms with Crippen LogP contribution in [0.4, 0.5) is 5.69 Å². The number of thioether (sulfide) groups is 1. The molecule has 3 rings (SSSR count). The van der Waals surface area contributed by atoms with Crippen molar-refractivity contribution in [3.8, 4) is 0 Å². The summed E-state index contributed by atoms with van der Waals surface area (Å²) in [5, 5.41) is 0. The Kier molecular flexibility index (Phi) is 5.81. The molecule has 0 fully saturated rings. The lowest BCUT2D eigenvalue weighted by molar-refractivity contribution is 0.404. The van der Waals surface area contributed by atoms with E-state index in [1.165, 1.54) is 47.6 Å². The molecule has 1 aliphatic carbocycles. The SMILES string of the molecule is CCCCC(CC)CC1C=CC=C2Sc3cc(Br)ccc3N=C21. The summed E-state index contributed by atoms with van der Waals surface area (Å²) in [5.74, 6) is 1.28. The molecular weight excluding hydrogens is 366 g/mol. The molecule has 0 amide bonds. The monoisotopic (exact) mass is 389 g/mol. The zero-order valence-corrected chi connectivity index (χ0v) is 16.3. The predicted octanol–water partition coefficient (Wildman–Crippen LogP) is 7.30. The molecule has 0 aromatic heterocycles. The van der Waals surface area contributed by atoms with E-state index in [-0.39, 0.29) is 0 Å². The van der Waals surface area contributed by atoms with Crippen LogP contribution in [-0.2, 0) is 0 Å². The topological polar surface area (TPSA) is 12.4 Å². The van der Waals surface area contributed by atoms with Crippen LogP contribution in [0.5, 0.6) is 0 Å². The van der Waals surface area contributed by atoms with Gasteiger partial charge in [0.25, 0.3) is 0 Å². The van der Waals surface area contributed by atoms with Gasteiger partial charge in [-0.1, -0.05) is 79.4 Å². The molecule has 0 saturated carbocycles. The maximum atomic E-state index is 5.01. The van der Waals surface area contributed by atoms with Crippen molar-refractivity contribution in [1.29, 1.82) is 0 Å². The summed E-state index contributed by atoms with van der Waals surface area (Å²) >= 11 is 5.42. The highest BCUT2D eigenvalue weighted by molar-refractivity contribution is 9.10. The van der Waals surface area contributed by atoms with Crippen molar-refractivity contribution < 1.29 is 0 Å². The summed E-state index contributed by atoms with van der Waals surface area (Å²) in [7, 11) is 0. The third-order valence-electron chi connectivity index (χ3n) is 4.71. The first-order valence-corrected chi connectivity index (χ1v) is 10.3. The fourth-order valence-corrected chi connectivity index (χ4v) is 4.90. The number of benzene rings is 1. The minimum atomic E-state index is 0.473. The zero-order chi connectivity index (χ0) is 16.2. The second kappa shape index (κ2) is 7.85. The van der Waals surface area contributed by atoms with Crippen molar-refractivity contribution in [2.75, 3.05) is 0 Å². The first kappa shape index (κ1) is 17.0. The van der Waals surface area contributed by atoms with Crippen LogP contribution in [0.2, 0.25) is 0 Å². The normalized spacial score (nSPS) is 20.4. The molecule has 2 aliphatic rings. The Balaban J connectivity index is 1.82. The predicted molar refractivity (Wildman–Crippen MR) is 106 cm³/mol. The highest BCUT2D eigenvalue weighted by atomic mass is 79.9. The molecule has 1 nitrogen and oxygen atoms in total. The van der Waals surface area contributed by atoms with Gasteiger partial charge in [-0.2, -0.15) is 0 Å². The van der Waals surface area contributed by atoms with Crippen molar-refractivity contribution in [3.05, 3.63) is 45.8 Å². The van der Waals surface area contributed by atoms with E-state index in [2.05, 4.69) is 66.2 Å². The molecule has 1 aliphatic heterocycles. The Morgan fingerprint density at radius 2 is 2.17 bits per heavy atom. The average molecular weight is 390 g/mol. The lowest BCUT2D eigenvalue weighted by atomic mass is 9.84. The van der Waals surface area contributed by atoms with Crippen LogP contribution in [0.1, 0.15) is 46.0 Å². The van der Waals surface area contributed by atoms with E-state index >= 15 is 0 Å². The van der Waals surface area contributed by atoms with E-state index in [0.717, 1.165) is 16.1 Å². The Morgan fingerprint density at radius 1 is 1.30 bits per heavy atom. The van der Waals surface area contributed by atoms with E-state index in [1.54, 1.807) is 0 Å². The first-order chi connectivity index (χ1) is 11.2. The number of allylic oxidation sites excluding steroid dienone is 4. The highest BCUT2D eigenvalue weighted by Crippen LogP contribution is 2.45. The van der Waals surface area contributed by atoms with Crippen molar-refractivity contribution in [2.24, 2.45) is 16.8 Å². The molecule has 0 radical (unpaired) electrons. The average Bonchev–Trinajstić information content (AvgIpc) is 2.57. The lowest BCUT2D eigenvalue weighted by Gasteiger charge is -2.28. The van der Waals surface area contributed by atoms with Gasteiger partial charge in [0.2, 0.25) is 0 Å². The minimum absolute atomic E-state index is 0.473. The van der Waals surface area contributed by atoms with E-state index < -0.39 is 0 Å². The fourth-order valence-electron chi connectivity index (χ4n) is 3.30. The Hall–Kier alpha value is -0.800. The number of fused-ring (bicyclic) bond motifs is 2. The summed E-state index contributed by atoms with van der Waals surface area (Å²) in [6.07, 6.45) is 13.3. The van der Waals surface area contributed by atoms with Crippen molar-refractivity contribution in [1.82, 2.24) is 0 Å². The summed E-state index contributed by atoms with van der Waals surface area (Å²) in [6, 6.07) is 6.38. The third-order valence-corrected chi connectivity index (χ3v) is 6.31. The Bertz CT molecular complexity index is 660. The van der Waals surface area contributed by atoms with E-state index in [4.69, 9.17) is 4.99 Å². The molecule has 0 spiro atoms. The molecule has 0 N–H and O–H groups in total. The van der Waals surface area contributed by atoms with Crippen LogP contribution in [0, 0.1) is 11.8 Å². The van der Waals surface area contributed by atoms with E-state index in [0.29, 0.717) is 5.92 Å². The zero-order valence-electron chi connectivity index (χ0n) is 13.9. The van der Waals surface area contributed by atoms with Gasteiger partial charge in [0.05, 0.1) is 11.4 Å². The number of aliphatic imine (C=N–C) groups is 1. The molecule has 0 bridgehead atoms. The highest BCUT2D eigenvalue weighted by Gasteiger charge is 2.27. The fraction of sp³-hybridized carbons (Fsp3) is 0.450. The molecular formula is C20H24BrNS. The number of hydrogen-bond donors (Lipinski definition) is 0. The molecule has 122 valence electrons. The van der Waals surface area contributed by atoms with Crippen LogP contribution in [0.15, 0.2) is 55.7 Å².